The highest BCUT2D eigenvalue weighted by molar-refractivity contribution is 9.10. The summed E-state index contributed by atoms with van der Waals surface area (Å²) in [6.45, 7) is 0.632. The number of carboxylic acids is 1. The lowest BCUT2D eigenvalue weighted by molar-refractivity contribution is -0.139. The number of nitrogens with zero attached hydrogens (tertiary/aromatic N) is 1. The predicted molar refractivity (Wildman–Crippen MR) is 81.4 cm³/mol. The van der Waals surface area contributed by atoms with Gasteiger partial charge in [-0.1, -0.05) is 15.9 Å². The Morgan fingerprint density at radius 1 is 1.48 bits per heavy atom. The number of benzene rings is 1. The number of aliphatic carboxylic acids is 1. The van der Waals surface area contributed by atoms with Gasteiger partial charge in [-0.25, -0.2) is 0 Å². The average molecular weight is 356 g/mol. The summed E-state index contributed by atoms with van der Waals surface area (Å²) in [5, 5.41) is 8.92. The molecule has 1 aliphatic rings. The van der Waals surface area contributed by atoms with Crippen molar-refractivity contribution in [2.75, 3.05) is 13.7 Å². The zero-order valence-corrected chi connectivity index (χ0v) is 13.4. The van der Waals surface area contributed by atoms with E-state index in [1.807, 2.05) is 18.2 Å². The van der Waals surface area contributed by atoms with Crippen molar-refractivity contribution < 1.29 is 19.4 Å². The van der Waals surface area contributed by atoms with E-state index in [1.165, 1.54) is 0 Å². The second-order valence-corrected chi connectivity index (χ2v) is 6.03. The molecule has 114 valence electrons. The smallest absolute Gasteiger partial charge is 0.305 e. The highest BCUT2D eigenvalue weighted by Gasteiger charge is 2.30. The van der Waals surface area contributed by atoms with Crippen LogP contribution >= 0.6 is 15.9 Å². The number of hydrogen-bond acceptors (Lipinski definition) is 3. The Labute approximate surface area is 132 Å². The van der Waals surface area contributed by atoms with Gasteiger partial charge in [-0.15, -0.1) is 0 Å². The molecule has 2 rings (SSSR count). The molecule has 0 bridgehead atoms. The first-order valence-electron chi connectivity index (χ1n) is 6.85. The number of halogens is 1. The molecule has 1 saturated heterocycles. The van der Waals surface area contributed by atoms with E-state index >= 15 is 0 Å². The number of methoxy groups -OCH3 is 1. The zero-order valence-electron chi connectivity index (χ0n) is 11.8. The van der Waals surface area contributed by atoms with Crippen molar-refractivity contribution in [3.63, 3.8) is 0 Å². The normalized spacial score (nSPS) is 17.8. The molecular formula is C15H18BrNO4. The third kappa shape index (κ3) is 3.97. The lowest BCUT2D eigenvalue weighted by atomic mass is 10.1. The second kappa shape index (κ2) is 6.93. The van der Waals surface area contributed by atoms with Gasteiger partial charge in [-0.05, 0) is 31.0 Å². The van der Waals surface area contributed by atoms with Crippen molar-refractivity contribution in [1.29, 1.82) is 0 Å². The van der Waals surface area contributed by atoms with Crippen LogP contribution in [-0.2, 0) is 16.0 Å². The molecule has 1 aromatic rings. The molecule has 1 aliphatic heterocycles. The Hall–Kier alpha value is -1.56. The first kappa shape index (κ1) is 15.8. The highest BCUT2D eigenvalue weighted by atomic mass is 79.9. The third-order valence-corrected chi connectivity index (χ3v) is 4.19. The fourth-order valence-electron chi connectivity index (χ4n) is 2.73. The summed E-state index contributed by atoms with van der Waals surface area (Å²) in [6, 6.07) is 5.34. The Balaban J connectivity index is 2.10. The first-order valence-corrected chi connectivity index (χ1v) is 7.64. The molecule has 1 amide bonds. The summed E-state index contributed by atoms with van der Waals surface area (Å²) in [4.78, 5) is 25.0. The van der Waals surface area contributed by atoms with Crippen LogP contribution in [0.4, 0.5) is 0 Å². The van der Waals surface area contributed by atoms with Crippen LogP contribution in [0.25, 0.3) is 0 Å². The molecule has 1 aromatic carbocycles. The van der Waals surface area contributed by atoms with E-state index in [-0.39, 0.29) is 24.8 Å². The van der Waals surface area contributed by atoms with Gasteiger partial charge in [-0.3, -0.25) is 9.59 Å². The molecule has 0 saturated carbocycles. The molecule has 21 heavy (non-hydrogen) atoms. The molecular weight excluding hydrogens is 338 g/mol. The number of hydrogen-bond donors (Lipinski definition) is 1. The van der Waals surface area contributed by atoms with E-state index in [4.69, 9.17) is 9.84 Å². The number of rotatable bonds is 5. The fraction of sp³-hybridized carbons (Fsp3) is 0.467. The monoisotopic (exact) mass is 355 g/mol. The molecule has 1 N–H and O–H groups in total. The van der Waals surface area contributed by atoms with Crippen molar-refractivity contribution in [2.24, 2.45) is 0 Å². The Morgan fingerprint density at radius 2 is 2.24 bits per heavy atom. The molecule has 5 nitrogen and oxygen atoms in total. The van der Waals surface area contributed by atoms with Crippen molar-refractivity contribution in [3.8, 4) is 5.75 Å². The van der Waals surface area contributed by atoms with Gasteiger partial charge in [0.2, 0.25) is 5.91 Å². The molecule has 0 spiro atoms. The summed E-state index contributed by atoms with van der Waals surface area (Å²) in [6.07, 6.45) is 1.85. The molecule has 0 aliphatic carbocycles. The van der Waals surface area contributed by atoms with Gasteiger partial charge in [0.25, 0.3) is 0 Å². The van der Waals surface area contributed by atoms with Gasteiger partial charge in [0.05, 0.1) is 20.0 Å². The minimum atomic E-state index is -0.861. The predicted octanol–water partition coefficient (Wildman–Crippen LogP) is 2.47. The third-order valence-electron chi connectivity index (χ3n) is 3.69. The van der Waals surface area contributed by atoms with Crippen LogP contribution in [0.3, 0.4) is 0 Å². The van der Waals surface area contributed by atoms with Gasteiger partial charge in [0.15, 0.2) is 0 Å². The van der Waals surface area contributed by atoms with Gasteiger partial charge >= 0.3 is 5.97 Å². The van der Waals surface area contributed by atoms with Crippen LogP contribution in [0.1, 0.15) is 24.8 Å². The SMILES string of the molecule is COc1ccc(Br)cc1CC(=O)N1CCCC1CC(=O)O. The summed E-state index contributed by atoms with van der Waals surface area (Å²) in [7, 11) is 1.57. The number of amides is 1. The number of carbonyl (C=O) groups excluding carboxylic acids is 1. The first-order chi connectivity index (χ1) is 10.0. The maximum absolute atomic E-state index is 12.4. The van der Waals surface area contributed by atoms with Crippen molar-refractivity contribution >= 4 is 27.8 Å². The topological polar surface area (TPSA) is 66.8 Å². The van der Waals surface area contributed by atoms with Crippen LogP contribution < -0.4 is 4.74 Å². The summed E-state index contributed by atoms with van der Waals surface area (Å²) in [5.74, 6) is -0.240. The van der Waals surface area contributed by atoms with Crippen LogP contribution in [0, 0.1) is 0 Å². The molecule has 6 heteroatoms. The average Bonchev–Trinajstić information content (AvgIpc) is 2.86. The number of ether oxygens (including phenoxy) is 1. The van der Waals surface area contributed by atoms with Gasteiger partial charge in [-0.2, -0.15) is 0 Å². The van der Waals surface area contributed by atoms with Crippen molar-refractivity contribution in [2.45, 2.75) is 31.7 Å². The summed E-state index contributed by atoms with van der Waals surface area (Å²) in [5.41, 5.74) is 0.804. The number of carbonyl (C=O) groups is 2. The minimum absolute atomic E-state index is 0.0152. The zero-order chi connectivity index (χ0) is 15.4. The van der Waals surface area contributed by atoms with Gasteiger partial charge < -0.3 is 14.7 Å². The molecule has 1 fully saturated rings. The van der Waals surface area contributed by atoms with Gasteiger partial charge in [0.1, 0.15) is 5.75 Å². The molecule has 0 aromatic heterocycles. The van der Waals surface area contributed by atoms with E-state index in [1.54, 1.807) is 12.0 Å². The quantitative estimate of drug-likeness (QED) is 0.880. The molecule has 1 atom stereocenters. The van der Waals surface area contributed by atoms with E-state index < -0.39 is 5.97 Å². The van der Waals surface area contributed by atoms with E-state index in [0.29, 0.717) is 12.3 Å². The Kier molecular flexibility index (Phi) is 5.22. The fourth-order valence-corrected chi connectivity index (χ4v) is 3.14. The largest absolute Gasteiger partial charge is 0.496 e. The van der Waals surface area contributed by atoms with Crippen LogP contribution in [0.2, 0.25) is 0 Å². The second-order valence-electron chi connectivity index (χ2n) is 5.11. The number of carboxylic acid groups (broad SMARTS) is 1. The molecule has 1 heterocycles. The van der Waals surface area contributed by atoms with E-state index in [2.05, 4.69) is 15.9 Å². The lowest BCUT2D eigenvalue weighted by Crippen LogP contribution is -2.37. The van der Waals surface area contributed by atoms with Crippen molar-refractivity contribution in [3.05, 3.63) is 28.2 Å². The van der Waals surface area contributed by atoms with E-state index in [0.717, 1.165) is 22.9 Å². The molecule has 1 unspecified atom stereocenters. The number of likely N-dealkylation sites (tertiary alicyclic amines) is 1. The highest BCUT2D eigenvalue weighted by Crippen LogP contribution is 2.26. The van der Waals surface area contributed by atoms with Crippen molar-refractivity contribution in [1.82, 2.24) is 4.90 Å². The Morgan fingerprint density at radius 3 is 2.90 bits per heavy atom. The summed E-state index contributed by atoms with van der Waals surface area (Å²) < 4.78 is 6.15. The maximum atomic E-state index is 12.4. The van der Waals surface area contributed by atoms with E-state index in [9.17, 15) is 9.59 Å². The van der Waals surface area contributed by atoms with Crippen LogP contribution in [0.5, 0.6) is 5.75 Å². The lowest BCUT2D eigenvalue weighted by Gasteiger charge is -2.24. The standard InChI is InChI=1S/C15H18BrNO4/c1-21-13-5-4-11(16)7-10(13)8-14(18)17-6-2-3-12(17)9-15(19)20/h4-5,7,12H,2-3,6,8-9H2,1H3,(H,19,20). The Bertz CT molecular complexity index is 546. The van der Waals surface area contributed by atoms with Gasteiger partial charge in [0, 0.05) is 22.6 Å². The maximum Gasteiger partial charge on any atom is 0.305 e. The van der Waals surface area contributed by atoms with Crippen LogP contribution in [0.15, 0.2) is 22.7 Å². The molecule has 0 radical (unpaired) electrons. The van der Waals surface area contributed by atoms with Crippen LogP contribution in [-0.4, -0.2) is 41.6 Å². The minimum Gasteiger partial charge on any atom is -0.496 e. The summed E-state index contributed by atoms with van der Waals surface area (Å²) >= 11 is 3.39.